The number of nitrogens with zero attached hydrogens (tertiary/aromatic N) is 2. The van der Waals surface area contributed by atoms with E-state index in [1.807, 2.05) is 20.8 Å². The molecule has 0 aliphatic rings. The number of hydrogen-bond donors (Lipinski definition) is 1. The number of hydrogen-bond acceptors (Lipinski definition) is 3. The van der Waals surface area contributed by atoms with Crippen LogP contribution in [0.15, 0.2) is 28.9 Å². The largest absolute Gasteiger partial charge is 0.340 e. The van der Waals surface area contributed by atoms with E-state index >= 15 is 0 Å². The lowest BCUT2D eigenvalue weighted by atomic mass is 10.2. The van der Waals surface area contributed by atoms with Gasteiger partial charge in [-0.15, -0.1) is 0 Å². The van der Waals surface area contributed by atoms with Crippen LogP contribution in [0.5, 0.6) is 0 Å². The molecule has 1 aromatic carbocycles. The molecule has 0 bridgehead atoms. The van der Waals surface area contributed by atoms with Gasteiger partial charge in [-0.05, 0) is 40.5 Å². The van der Waals surface area contributed by atoms with Crippen LogP contribution in [0.2, 0.25) is 0 Å². The van der Waals surface area contributed by atoms with Crippen molar-refractivity contribution in [2.75, 3.05) is 5.32 Å². The van der Waals surface area contributed by atoms with Gasteiger partial charge in [0.25, 0.3) is 0 Å². The van der Waals surface area contributed by atoms with Gasteiger partial charge in [-0.25, -0.2) is 14.4 Å². The number of benzene rings is 1. The van der Waals surface area contributed by atoms with Crippen molar-refractivity contribution < 1.29 is 4.39 Å². The van der Waals surface area contributed by atoms with E-state index in [1.165, 1.54) is 12.1 Å². The minimum atomic E-state index is -0.273. The second kappa shape index (κ2) is 5.65. The molecule has 0 amide bonds. The molecule has 1 aromatic heterocycles. The van der Waals surface area contributed by atoms with Gasteiger partial charge >= 0.3 is 0 Å². The fourth-order valence-electron chi connectivity index (χ4n) is 1.62. The molecule has 0 saturated carbocycles. The molecule has 0 radical (unpaired) electrons. The second-order valence-corrected chi connectivity index (χ2v) is 5.49. The molecule has 0 spiro atoms. The normalized spacial score (nSPS) is 10.8. The Balaban J connectivity index is 2.35. The van der Waals surface area contributed by atoms with Gasteiger partial charge in [0.2, 0.25) is 0 Å². The molecule has 0 aliphatic heterocycles. The Morgan fingerprint density at radius 1 is 1.21 bits per heavy atom. The third-order valence-electron chi connectivity index (χ3n) is 2.69. The molecule has 1 N–H and O–H groups in total. The van der Waals surface area contributed by atoms with Gasteiger partial charge in [0.15, 0.2) is 0 Å². The topological polar surface area (TPSA) is 37.8 Å². The highest BCUT2D eigenvalue weighted by atomic mass is 79.9. The maximum Gasteiger partial charge on any atom is 0.135 e. The first-order chi connectivity index (χ1) is 8.95. The molecule has 0 atom stereocenters. The fraction of sp³-hybridized carbons (Fsp3) is 0.286. The number of nitrogens with one attached hydrogen (secondary N) is 1. The van der Waals surface area contributed by atoms with Crippen molar-refractivity contribution in [3.63, 3.8) is 0 Å². The molecule has 1 heterocycles. The quantitative estimate of drug-likeness (QED) is 0.842. The van der Waals surface area contributed by atoms with Crippen LogP contribution in [-0.2, 0) is 0 Å². The number of aryl methyl sites for hydroxylation is 1. The summed E-state index contributed by atoms with van der Waals surface area (Å²) in [6.45, 7) is 5.97. The molecule has 5 heteroatoms. The zero-order valence-corrected chi connectivity index (χ0v) is 12.6. The van der Waals surface area contributed by atoms with Crippen molar-refractivity contribution in [2.45, 2.75) is 26.7 Å². The molecule has 2 rings (SSSR count). The monoisotopic (exact) mass is 323 g/mol. The van der Waals surface area contributed by atoms with Gasteiger partial charge in [-0.3, -0.25) is 0 Å². The molecule has 2 aromatic rings. The Morgan fingerprint density at radius 2 is 1.95 bits per heavy atom. The molecule has 100 valence electrons. The summed E-state index contributed by atoms with van der Waals surface area (Å²) in [5.74, 6) is 1.35. The van der Waals surface area contributed by atoms with Crippen molar-refractivity contribution >= 4 is 27.4 Å². The van der Waals surface area contributed by atoms with Crippen LogP contribution in [0.1, 0.15) is 31.2 Å². The van der Waals surface area contributed by atoms with Gasteiger partial charge in [0.1, 0.15) is 22.1 Å². The fourth-order valence-corrected chi connectivity index (χ4v) is 2.02. The van der Waals surface area contributed by atoms with E-state index in [2.05, 4.69) is 31.2 Å². The lowest BCUT2D eigenvalue weighted by Crippen LogP contribution is -2.03. The summed E-state index contributed by atoms with van der Waals surface area (Å²) in [5.41, 5.74) is 1.67. The van der Waals surface area contributed by atoms with E-state index in [1.54, 1.807) is 12.1 Å². The summed E-state index contributed by atoms with van der Waals surface area (Å²) in [6.07, 6.45) is 0. The Labute approximate surface area is 120 Å². The third-order valence-corrected chi connectivity index (χ3v) is 3.10. The van der Waals surface area contributed by atoms with Gasteiger partial charge in [0.05, 0.1) is 0 Å². The van der Waals surface area contributed by atoms with Crippen LogP contribution in [0.4, 0.5) is 15.9 Å². The summed E-state index contributed by atoms with van der Waals surface area (Å²) >= 11 is 3.36. The van der Waals surface area contributed by atoms with Gasteiger partial charge in [-0.2, -0.15) is 0 Å². The highest BCUT2D eigenvalue weighted by Gasteiger charge is 2.08. The van der Waals surface area contributed by atoms with Crippen LogP contribution in [-0.4, -0.2) is 9.97 Å². The van der Waals surface area contributed by atoms with E-state index in [4.69, 9.17) is 0 Å². The first-order valence-electron chi connectivity index (χ1n) is 6.03. The van der Waals surface area contributed by atoms with Crippen LogP contribution >= 0.6 is 15.9 Å². The van der Waals surface area contributed by atoms with E-state index in [-0.39, 0.29) is 11.7 Å². The number of halogens is 2. The Morgan fingerprint density at radius 3 is 2.63 bits per heavy atom. The highest BCUT2D eigenvalue weighted by Crippen LogP contribution is 2.23. The standard InChI is InChI=1S/C14H15BrFN3/c1-8(2)14-18-12(15)7-13(19-14)17-11-6-10(16)5-4-9(11)3/h4-8H,1-3H3,(H,17,18,19). The molecular weight excluding hydrogens is 309 g/mol. The van der Waals surface area contributed by atoms with Gasteiger partial charge < -0.3 is 5.32 Å². The van der Waals surface area contributed by atoms with Crippen molar-refractivity contribution in [1.82, 2.24) is 9.97 Å². The maximum absolute atomic E-state index is 13.3. The summed E-state index contributed by atoms with van der Waals surface area (Å²) in [5, 5.41) is 3.13. The zero-order chi connectivity index (χ0) is 14.0. The zero-order valence-electron chi connectivity index (χ0n) is 11.0. The molecule has 0 saturated heterocycles. The Hall–Kier alpha value is -1.49. The smallest absolute Gasteiger partial charge is 0.135 e. The molecule has 0 fully saturated rings. The van der Waals surface area contributed by atoms with Crippen molar-refractivity contribution in [3.8, 4) is 0 Å². The minimum Gasteiger partial charge on any atom is -0.340 e. The van der Waals surface area contributed by atoms with Crippen LogP contribution in [0.3, 0.4) is 0 Å². The molecule has 3 nitrogen and oxygen atoms in total. The lowest BCUT2D eigenvalue weighted by Gasteiger charge is -2.11. The van der Waals surface area contributed by atoms with E-state index in [0.29, 0.717) is 16.1 Å². The lowest BCUT2D eigenvalue weighted by molar-refractivity contribution is 0.628. The Bertz CT molecular complexity index is 599. The minimum absolute atomic E-state index is 0.228. The SMILES string of the molecule is Cc1ccc(F)cc1Nc1cc(Br)nc(C(C)C)n1. The van der Waals surface area contributed by atoms with Crippen molar-refractivity contribution in [1.29, 1.82) is 0 Å². The molecule has 0 aliphatic carbocycles. The van der Waals surface area contributed by atoms with Gasteiger partial charge in [-0.1, -0.05) is 19.9 Å². The number of rotatable bonds is 3. The number of anilines is 2. The summed E-state index contributed by atoms with van der Waals surface area (Å²) in [6, 6.07) is 6.41. The summed E-state index contributed by atoms with van der Waals surface area (Å²) < 4.78 is 14.0. The Kier molecular flexibility index (Phi) is 4.14. The summed E-state index contributed by atoms with van der Waals surface area (Å²) in [4.78, 5) is 8.73. The predicted octanol–water partition coefficient (Wildman–Crippen LogP) is 4.55. The predicted molar refractivity (Wildman–Crippen MR) is 78.2 cm³/mol. The van der Waals surface area contributed by atoms with Crippen LogP contribution in [0, 0.1) is 12.7 Å². The van der Waals surface area contributed by atoms with Gasteiger partial charge in [0, 0.05) is 17.7 Å². The van der Waals surface area contributed by atoms with E-state index in [9.17, 15) is 4.39 Å². The number of aromatic nitrogens is 2. The average molecular weight is 324 g/mol. The first-order valence-corrected chi connectivity index (χ1v) is 6.82. The molecule has 0 unspecified atom stereocenters. The maximum atomic E-state index is 13.3. The average Bonchev–Trinajstić information content (AvgIpc) is 2.33. The first kappa shape index (κ1) is 13.9. The second-order valence-electron chi connectivity index (χ2n) is 4.67. The highest BCUT2D eigenvalue weighted by molar-refractivity contribution is 9.10. The van der Waals surface area contributed by atoms with Crippen LogP contribution in [0.25, 0.3) is 0 Å². The van der Waals surface area contributed by atoms with E-state index in [0.717, 1.165) is 11.4 Å². The molecular formula is C14H15BrFN3. The summed E-state index contributed by atoms with van der Waals surface area (Å²) in [7, 11) is 0. The molecule has 19 heavy (non-hydrogen) atoms. The van der Waals surface area contributed by atoms with Crippen molar-refractivity contribution in [2.24, 2.45) is 0 Å². The van der Waals surface area contributed by atoms with Crippen molar-refractivity contribution in [3.05, 3.63) is 46.1 Å². The third kappa shape index (κ3) is 3.50. The van der Waals surface area contributed by atoms with Crippen LogP contribution < -0.4 is 5.32 Å². The van der Waals surface area contributed by atoms with E-state index < -0.39 is 0 Å².